The molecule has 88 valence electrons. The van der Waals surface area contributed by atoms with Crippen molar-refractivity contribution in [1.82, 2.24) is 5.48 Å². The van der Waals surface area contributed by atoms with Crippen molar-refractivity contribution in [3.8, 4) is 5.75 Å². The van der Waals surface area contributed by atoms with Gasteiger partial charge in [-0.15, -0.1) is 0 Å². The first kappa shape index (κ1) is 11.3. The molecule has 0 radical (unpaired) electrons. The van der Waals surface area contributed by atoms with Crippen LogP contribution in [0.15, 0.2) is 12.1 Å². The van der Waals surface area contributed by atoms with E-state index >= 15 is 0 Å². The minimum absolute atomic E-state index is 0.00736. The van der Waals surface area contributed by atoms with Gasteiger partial charge in [-0.2, -0.15) is 5.48 Å². The summed E-state index contributed by atoms with van der Waals surface area (Å²) in [6.07, 6.45) is 1.36. The Kier molecular flexibility index (Phi) is 3.36. The second kappa shape index (κ2) is 4.76. The molecule has 5 heteroatoms. The van der Waals surface area contributed by atoms with E-state index in [2.05, 4.69) is 5.48 Å². The topological polar surface area (TPSA) is 30.5 Å². The van der Waals surface area contributed by atoms with Crippen LogP contribution in [0.5, 0.6) is 5.75 Å². The highest BCUT2D eigenvalue weighted by Gasteiger charge is 2.26. The molecule has 1 N–H and O–H groups in total. The lowest BCUT2D eigenvalue weighted by Crippen LogP contribution is -2.20. The molecule has 0 fully saturated rings. The van der Waals surface area contributed by atoms with Gasteiger partial charge in [-0.05, 0) is 25.0 Å². The molecule has 3 nitrogen and oxygen atoms in total. The second-order valence-electron chi connectivity index (χ2n) is 3.64. The number of fused-ring (bicyclic) bond motifs is 1. The summed E-state index contributed by atoms with van der Waals surface area (Å²) in [5.41, 5.74) is 2.87. The van der Waals surface area contributed by atoms with E-state index in [1.54, 1.807) is 0 Å². The van der Waals surface area contributed by atoms with E-state index < -0.39 is 11.6 Å². The third kappa shape index (κ3) is 2.01. The van der Waals surface area contributed by atoms with Crippen LogP contribution < -0.4 is 10.2 Å². The Morgan fingerprint density at radius 1 is 1.38 bits per heavy atom. The summed E-state index contributed by atoms with van der Waals surface area (Å²) in [5.74, 6) is -1.03. The third-order valence-electron chi connectivity index (χ3n) is 2.59. The van der Waals surface area contributed by atoms with Gasteiger partial charge in [-0.1, -0.05) is 0 Å². The molecule has 1 heterocycles. The Bertz CT molecular complexity index is 384. The van der Waals surface area contributed by atoms with E-state index in [0.29, 0.717) is 19.4 Å². The van der Waals surface area contributed by atoms with Crippen molar-refractivity contribution >= 4 is 0 Å². The monoisotopic (exact) mass is 229 g/mol. The van der Waals surface area contributed by atoms with E-state index in [1.165, 1.54) is 7.11 Å². The highest BCUT2D eigenvalue weighted by Crippen LogP contribution is 2.35. The first-order chi connectivity index (χ1) is 7.74. The summed E-state index contributed by atoms with van der Waals surface area (Å²) in [5, 5.41) is 0. The number of benzene rings is 1. The Morgan fingerprint density at radius 2 is 2.12 bits per heavy atom. The van der Waals surface area contributed by atoms with E-state index in [1.807, 2.05) is 0 Å². The van der Waals surface area contributed by atoms with Gasteiger partial charge < -0.3 is 9.57 Å². The predicted octanol–water partition coefficient (Wildman–Crippen LogP) is 2.33. The maximum Gasteiger partial charge on any atom is 0.165 e. The minimum Gasteiger partial charge on any atom is -0.490 e. The fourth-order valence-electron chi connectivity index (χ4n) is 1.89. The average Bonchev–Trinajstić information content (AvgIpc) is 2.48. The van der Waals surface area contributed by atoms with Crippen molar-refractivity contribution < 1.29 is 18.4 Å². The number of hydrogen-bond acceptors (Lipinski definition) is 3. The van der Waals surface area contributed by atoms with Gasteiger partial charge in [0.1, 0.15) is 5.82 Å². The smallest absolute Gasteiger partial charge is 0.165 e. The Hall–Kier alpha value is -1.20. The van der Waals surface area contributed by atoms with Gasteiger partial charge in [0, 0.05) is 0 Å². The molecule has 1 aliphatic heterocycles. The Balaban J connectivity index is 2.46. The molecule has 0 bridgehead atoms. The molecule has 0 saturated heterocycles. The highest BCUT2D eigenvalue weighted by atomic mass is 19.1. The van der Waals surface area contributed by atoms with E-state index in [9.17, 15) is 8.78 Å². The molecular weight excluding hydrogens is 216 g/mol. The molecule has 1 atom stereocenters. The fraction of sp³-hybridized carbons (Fsp3) is 0.455. The molecular formula is C11H13F2NO2. The molecule has 16 heavy (non-hydrogen) atoms. The second-order valence-corrected chi connectivity index (χ2v) is 3.64. The average molecular weight is 229 g/mol. The molecule has 1 aromatic rings. The zero-order chi connectivity index (χ0) is 11.5. The third-order valence-corrected chi connectivity index (χ3v) is 2.59. The van der Waals surface area contributed by atoms with Gasteiger partial charge >= 0.3 is 0 Å². The van der Waals surface area contributed by atoms with Crippen LogP contribution in [0.25, 0.3) is 0 Å². The molecule has 0 aliphatic carbocycles. The summed E-state index contributed by atoms with van der Waals surface area (Å²) in [6, 6.07) is 1.80. The van der Waals surface area contributed by atoms with Crippen LogP contribution >= 0.6 is 0 Å². The van der Waals surface area contributed by atoms with Crippen molar-refractivity contribution in [3.05, 3.63) is 29.3 Å². The number of nitrogens with one attached hydrogen (secondary N) is 1. The van der Waals surface area contributed by atoms with Crippen molar-refractivity contribution in [2.45, 2.75) is 18.9 Å². The number of rotatable bonds is 2. The number of hydrogen-bond donors (Lipinski definition) is 1. The van der Waals surface area contributed by atoms with Crippen molar-refractivity contribution in [2.75, 3.05) is 13.7 Å². The van der Waals surface area contributed by atoms with E-state index in [4.69, 9.17) is 9.57 Å². The fourth-order valence-corrected chi connectivity index (χ4v) is 1.89. The minimum atomic E-state index is -0.541. The van der Waals surface area contributed by atoms with Crippen molar-refractivity contribution in [3.63, 3.8) is 0 Å². The van der Waals surface area contributed by atoms with Crippen LogP contribution in [0.1, 0.15) is 24.4 Å². The Morgan fingerprint density at radius 3 is 2.88 bits per heavy atom. The zero-order valence-electron chi connectivity index (χ0n) is 8.93. The SMILES string of the molecule is CONC1CCCOc2c(F)ccc(F)c21. The summed E-state index contributed by atoms with van der Waals surface area (Å²) in [6.45, 7) is 0.384. The van der Waals surface area contributed by atoms with Gasteiger partial charge in [0.05, 0.1) is 25.3 Å². The maximum atomic E-state index is 13.7. The lowest BCUT2D eigenvalue weighted by molar-refractivity contribution is 0.0568. The van der Waals surface area contributed by atoms with Gasteiger partial charge in [-0.25, -0.2) is 8.78 Å². The lowest BCUT2D eigenvalue weighted by atomic mass is 10.0. The van der Waals surface area contributed by atoms with Gasteiger partial charge in [-0.3, -0.25) is 0 Å². The first-order valence-corrected chi connectivity index (χ1v) is 5.13. The van der Waals surface area contributed by atoms with Crippen LogP contribution in [0, 0.1) is 11.6 Å². The molecule has 0 spiro atoms. The van der Waals surface area contributed by atoms with Crippen LogP contribution in [0.2, 0.25) is 0 Å². The van der Waals surface area contributed by atoms with E-state index in [-0.39, 0.29) is 17.4 Å². The molecule has 0 saturated carbocycles. The van der Waals surface area contributed by atoms with Gasteiger partial charge in [0.25, 0.3) is 0 Å². The molecule has 1 aromatic carbocycles. The van der Waals surface area contributed by atoms with Crippen molar-refractivity contribution in [1.29, 1.82) is 0 Å². The molecule has 2 rings (SSSR count). The highest BCUT2D eigenvalue weighted by molar-refractivity contribution is 5.39. The maximum absolute atomic E-state index is 13.7. The number of halogens is 2. The van der Waals surface area contributed by atoms with Crippen LogP contribution in [0.4, 0.5) is 8.78 Å². The summed E-state index contributed by atoms with van der Waals surface area (Å²) in [4.78, 5) is 4.79. The van der Waals surface area contributed by atoms with Gasteiger partial charge in [0.2, 0.25) is 0 Å². The summed E-state index contributed by atoms with van der Waals surface area (Å²) >= 11 is 0. The molecule has 1 unspecified atom stereocenters. The van der Waals surface area contributed by atoms with Crippen LogP contribution in [0.3, 0.4) is 0 Å². The molecule has 0 aromatic heterocycles. The lowest BCUT2D eigenvalue weighted by Gasteiger charge is -2.17. The van der Waals surface area contributed by atoms with Gasteiger partial charge in [0.15, 0.2) is 11.6 Å². The standard InChI is InChI=1S/C11H13F2NO2/c1-15-14-9-3-2-6-16-11-8(13)5-4-7(12)10(9)11/h4-5,9,14H,2-3,6H2,1H3. The Labute approximate surface area is 92.3 Å². The van der Waals surface area contributed by atoms with E-state index in [0.717, 1.165) is 12.1 Å². The normalized spacial score (nSPS) is 19.8. The van der Waals surface area contributed by atoms with Crippen molar-refractivity contribution in [2.24, 2.45) is 0 Å². The predicted molar refractivity (Wildman–Crippen MR) is 54.0 cm³/mol. The largest absolute Gasteiger partial charge is 0.490 e. The molecule has 0 amide bonds. The summed E-state index contributed by atoms with van der Waals surface area (Å²) < 4.78 is 32.4. The number of hydroxylamine groups is 1. The quantitative estimate of drug-likeness (QED) is 0.789. The van der Waals surface area contributed by atoms with Crippen LogP contribution in [-0.4, -0.2) is 13.7 Å². The number of ether oxygens (including phenoxy) is 1. The van der Waals surface area contributed by atoms with Crippen LogP contribution in [-0.2, 0) is 4.84 Å². The first-order valence-electron chi connectivity index (χ1n) is 5.13. The zero-order valence-corrected chi connectivity index (χ0v) is 8.93. The summed E-state index contributed by atoms with van der Waals surface area (Å²) in [7, 11) is 1.45. The molecule has 1 aliphatic rings.